The van der Waals surface area contributed by atoms with Gasteiger partial charge in [-0.3, -0.25) is 14.2 Å². The zero-order valence-electron chi connectivity index (χ0n) is 20.2. The molecule has 1 N–H and O–H groups in total. The highest BCUT2D eigenvalue weighted by atomic mass is 35.5. The fourth-order valence-corrected chi connectivity index (χ4v) is 7.13. The minimum absolute atomic E-state index is 0.0163. The highest BCUT2D eigenvalue weighted by Crippen LogP contribution is 2.33. The second kappa shape index (κ2) is 9.96. The lowest BCUT2D eigenvalue weighted by molar-refractivity contribution is -0.149. The van der Waals surface area contributed by atoms with Crippen LogP contribution < -0.4 is 5.69 Å². The maximum Gasteiger partial charge on any atom is 0.326 e. The number of halogens is 1. The normalized spacial score (nSPS) is 21.4. The molecular weight excluding hydrogens is 520 g/mol. The van der Waals surface area contributed by atoms with Gasteiger partial charge in [0.2, 0.25) is 0 Å². The van der Waals surface area contributed by atoms with Crippen molar-refractivity contribution in [3.8, 4) is 0 Å². The molecule has 1 saturated heterocycles. The van der Waals surface area contributed by atoms with E-state index in [1.807, 2.05) is 24.3 Å². The first-order valence-electron chi connectivity index (χ1n) is 12.1. The minimum atomic E-state index is -3.88. The van der Waals surface area contributed by atoms with Gasteiger partial charge in [0.25, 0.3) is 15.9 Å². The van der Waals surface area contributed by atoms with E-state index < -0.39 is 21.8 Å². The first kappa shape index (κ1) is 25.5. The van der Waals surface area contributed by atoms with Gasteiger partial charge in [0, 0.05) is 24.7 Å². The van der Waals surface area contributed by atoms with Crippen LogP contribution in [0.15, 0.2) is 52.2 Å². The Hall–Kier alpha value is -3.15. The largest absolute Gasteiger partial charge is 0.469 e. The molecule has 12 heteroatoms. The van der Waals surface area contributed by atoms with E-state index in [1.54, 1.807) is 4.57 Å². The van der Waals surface area contributed by atoms with E-state index in [1.165, 1.54) is 25.3 Å². The molecule has 1 aromatic heterocycles. The predicted octanol–water partition coefficient (Wildman–Crippen LogP) is 2.64. The van der Waals surface area contributed by atoms with Gasteiger partial charge in [0.15, 0.2) is 0 Å². The summed E-state index contributed by atoms with van der Waals surface area (Å²) in [5, 5.41) is 0.308. The van der Waals surface area contributed by atoms with Crippen molar-refractivity contribution >= 4 is 44.5 Å². The van der Waals surface area contributed by atoms with Crippen LogP contribution in [0, 0.1) is 5.92 Å². The number of H-pyrrole nitrogens is 1. The Morgan fingerprint density at radius 1 is 1.14 bits per heavy atom. The smallest absolute Gasteiger partial charge is 0.326 e. The Morgan fingerprint density at radius 2 is 1.89 bits per heavy atom. The number of para-hydroxylation sites is 2. The Bertz CT molecular complexity index is 1530. The summed E-state index contributed by atoms with van der Waals surface area (Å²) in [6, 6.07) is 11.2. The third-order valence-electron chi connectivity index (χ3n) is 7.17. The number of rotatable bonds is 7. The van der Waals surface area contributed by atoms with E-state index in [4.69, 9.17) is 16.3 Å². The fraction of sp³-hybridized carbons (Fsp3) is 0.400. The van der Waals surface area contributed by atoms with Gasteiger partial charge >= 0.3 is 11.7 Å². The van der Waals surface area contributed by atoms with Gasteiger partial charge in [-0.25, -0.2) is 17.5 Å². The summed E-state index contributed by atoms with van der Waals surface area (Å²) in [5.41, 5.74) is 1.31. The molecule has 2 atom stereocenters. The number of hydrogen-bond donors (Lipinski definition) is 1. The van der Waals surface area contributed by atoms with E-state index in [2.05, 4.69) is 9.88 Å². The van der Waals surface area contributed by atoms with Gasteiger partial charge in [-0.05, 0) is 56.1 Å². The number of ether oxygens (including phenoxy) is 1. The van der Waals surface area contributed by atoms with Crippen LogP contribution in [0.4, 0.5) is 0 Å². The number of likely N-dealkylation sites (tertiary alicyclic amines) is 1. The molecule has 3 aromatic rings. The van der Waals surface area contributed by atoms with Crippen molar-refractivity contribution in [2.45, 2.75) is 30.2 Å². The SMILES string of the molecule is COC(=O)[C@@H]1CN(CCCCN2C(=O)c3cc(Cl)ccc3S2(=O)=O)CC[C@H]1n1c(=O)[nH]c2ccccc21. The molecule has 1 amide bonds. The molecule has 196 valence electrons. The molecule has 0 spiro atoms. The molecule has 10 nitrogen and oxygen atoms in total. The van der Waals surface area contributed by atoms with Gasteiger partial charge in [-0.1, -0.05) is 23.7 Å². The summed E-state index contributed by atoms with van der Waals surface area (Å²) >= 11 is 5.94. The number of piperidine rings is 1. The number of esters is 1. The summed E-state index contributed by atoms with van der Waals surface area (Å²) in [5.74, 6) is -1.47. The molecule has 0 radical (unpaired) electrons. The zero-order chi connectivity index (χ0) is 26.3. The number of carbonyl (C=O) groups excluding carboxylic acids is 2. The molecule has 5 rings (SSSR count). The molecule has 0 saturated carbocycles. The number of unbranched alkanes of at least 4 members (excludes halogenated alkanes) is 1. The molecule has 0 aliphatic carbocycles. The van der Waals surface area contributed by atoms with Crippen molar-refractivity contribution in [1.29, 1.82) is 0 Å². The Balaban J connectivity index is 1.23. The summed E-state index contributed by atoms with van der Waals surface area (Å²) in [7, 11) is -2.54. The summed E-state index contributed by atoms with van der Waals surface area (Å²) in [6.07, 6.45) is 1.68. The average molecular weight is 547 g/mol. The summed E-state index contributed by atoms with van der Waals surface area (Å²) in [6.45, 7) is 1.75. The molecule has 3 heterocycles. The monoisotopic (exact) mass is 546 g/mol. The number of nitrogens with zero attached hydrogens (tertiary/aromatic N) is 3. The predicted molar refractivity (Wildman–Crippen MR) is 137 cm³/mol. The number of carbonyl (C=O) groups is 2. The number of hydrogen-bond acceptors (Lipinski definition) is 7. The molecule has 2 aliphatic heterocycles. The number of benzene rings is 2. The molecule has 2 aromatic carbocycles. The van der Waals surface area contributed by atoms with Gasteiger partial charge < -0.3 is 14.6 Å². The van der Waals surface area contributed by atoms with Crippen molar-refractivity contribution in [3.05, 3.63) is 63.5 Å². The van der Waals surface area contributed by atoms with Gasteiger partial charge in [-0.2, -0.15) is 0 Å². The van der Waals surface area contributed by atoms with E-state index in [9.17, 15) is 22.8 Å². The van der Waals surface area contributed by atoms with Crippen molar-refractivity contribution in [2.75, 3.05) is 33.3 Å². The van der Waals surface area contributed by atoms with Gasteiger partial charge in [0.1, 0.15) is 4.90 Å². The number of amides is 1. The van der Waals surface area contributed by atoms with E-state index in [0.29, 0.717) is 43.9 Å². The molecule has 37 heavy (non-hydrogen) atoms. The van der Waals surface area contributed by atoms with Crippen molar-refractivity contribution < 1.29 is 22.7 Å². The van der Waals surface area contributed by atoms with Crippen LogP contribution in [-0.4, -0.2) is 72.3 Å². The quantitative estimate of drug-likeness (QED) is 0.357. The number of methoxy groups -OCH3 is 1. The molecule has 0 unspecified atom stereocenters. The van der Waals surface area contributed by atoms with E-state index >= 15 is 0 Å². The summed E-state index contributed by atoms with van der Waals surface area (Å²) in [4.78, 5) is 43.1. The maximum absolute atomic E-state index is 12.8. The van der Waals surface area contributed by atoms with Crippen LogP contribution >= 0.6 is 11.6 Å². The van der Waals surface area contributed by atoms with Crippen LogP contribution in [0.5, 0.6) is 0 Å². The lowest BCUT2D eigenvalue weighted by Gasteiger charge is -2.37. The number of fused-ring (bicyclic) bond motifs is 2. The number of aromatic nitrogens is 2. The molecule has 0 bridgehead atoms. The second-order valence-electron chi connectivity index (χ2n) is 9.33. The maximum atomic E-state index is 12.8. The number of imidazole rings is 1. The minimum Gasteiger partial charge on any atom is -0.469 e. The Labute approximate surface area is 218 Å². The summed E-state index contributed by atoms with van der Waals surface area (Å²) < 4.78 is 33.2. The van der Waals surface area contributed by atoms with Crippen molar-refractivity contribution in [1.82, 2.24) is 18.8 Å². The first-order valence-corrected chi connectivity index (χ1v) is 13.9. The van der Waals surface area contributed by atoms with Crippen LogP contribution in [-0.2, 0) is 19.6 Å². The Kier molecular flexibility index (Phi) is 6.86. The van der Waals surface area contributed by atoms with Gasteiger partial charge in [0.05, 0.1) is 35.7 Å². The third kappa shape index (κ3) is 4.55. The third-order valence-corrected chi connectivity index (χ3v) is 9.25. The average Bonchev–Trinajstić information content (AvgIpc) is 3.31. The zero-order valence-corrected chi connectivity index (χ0v) is 21.8. The second-order valence-corrected chi connectivity index (χ2v) is 11.6. The lowest BCUT2D eigenvalue weighted by Crippen LogP contribution is -2.47. The van der Waals surface area contributed by atoms with Crippen LogP contribution in [0.3, 0.4) is 0 Å². The fourth-order valence-electron chi connectivity index (χ4n) is 5.37. The highest BCUT2D eigenvalue weighted by Gasteiger charge is 2.41. The van der Waals surface area contributed by atoms with E-state index in [-0.39, 0.29) is 34.7 Å². The van der Waals surface area contributed by atoms with Crippen molar-refractivity contribution in [3.63, 3.8) is 0 Å². The molecular formula is C25H27ClN4O6S. The molecule has 1 fully saturated rings. The number of aromatic amines is 1. The lowest BCUT2D eigenvalue weighted by atomic mass is 9.91. The van der Waals surface area contributed by atoms with Crippen LogP contribution in [0.1, 0.15) is 35.7 Å². The standard InChI is InChI=1S/C25H27ClN4O6S/c1-36-24(32)18-15-28(13-10-20(18)30-21-7-3-2-6-19(21)27-25(30)33)11-4-5-12-29-23(31)17-14-16(26)8-9-22(17)37(29,34)35/h2-3,6-9,14,18,20H,4-5,10-13,15H2,1H3,(H,27,33)/t18-,20-/m1/s1. The number of sulfonamides is 1. The first-order chi connectivity index (χ1) is 17.7. The molecule has 2 aliphatic rings. The van der Waals surface area contributed by atoms with Crippen molar-refractivity contribution in [2.24, 2.45) is 5.92 Å². The Morgan fingerprint density at radius 3 is 2.68 bits per heavy atom. The highest BCUT2D eigenvalue weighted by molar-refractivity contribution is 7.90. The van der Waals surface area contributed by atoms with Crippen LogP contribution in [0.2, 0.25) is 5.02 Å². The van der Waals surface area contributed by atoms with E-state index in [0.717, 1.165) is 15.3 Å². The topological polar surface area (TPSA) is 122 Å². The van der Waals surface area contributed by atoms with Gasteiger partial charge in [-0.15, -0.1) is 0 Å². The number of nitrogens with one attached hydrogen (secondary N) is 1. The van der Waals surface area contributed by atoms with Crippen LogP contribution in [0.25, 0.3) is 11.0 Å².